The smallest absolute Gasteiger partial charge is 0.0926 e. The fourth-order valence-electron chi connectivity index (χ4n) is 2.33. The van der Waals surface area contributed by atoms with Crippen LogP contribution in [-0.2, 0) is 0 Å². The maximum atomic E-state index is 3.52. The summed E-state index contributed by atoms with van der Waals surface area (Å²) in [5, 5.41) is 9.47. The van der Waals surface area contributed by atoms with Gasteiger partial charge in [-0.3, -0.25) is 0 Å². The average molecular weight is 281 g/mol. The number of hydrogen-bond donors (Lipinski definition) is 1. The van der Waals surface area contributed by atoms with Crippen LogP contribution in [0, 0.1) is 0 Å². The third-order valence-electron chi connectivity index (χ3n) is 3.18. The Bertz CT molecular complexity index is 844. The Morgan fingerprint density at radius 1 is 0.789 bits per heavy atom. The number of benzene rings is 2. The number of thiophene rings is 2. The van der Waals surface area contributed by atoms with E-state index in [0.717, 1.165) is 0 Å². The Labute approximate surface area is 119 Å². The van der Waals surface area contributed by atoms with E-state index in [1.54, 1.807) is 11.3 Å². The number of rotatable bonds is 2. The second-order valence-corrected chi connectivity index (χ2v) is 6.38. The highest BCUT2D eigenvalue weighted by atomic mass is 32.1. The summed E-state index contributed by atoms with van der Waals surface area (Å²) in [6, 6.07) is 19.2. The summed E-state index contributed by atoms with van der Waals surface area (Å²) in [6.45, 7) is 0. The van der Waals surface area contributed by atoms with Crippen molar-refractivity contribution < 1.29 is 0 Å². The van der Waals surface area contributed by atoms with E-state index in [2.05, 4.69) is 65.3 Å². The van der Waals surface area contributed by atoms with Crippen molar-refractivity contribution in [1.82, 2.24) is 0 Å². The Morgan fingerprint density at radius 2 is 1.68 bits per heavy atom. The minimum Gasteiger partial charge on any atom is -0.346 e. The molecule has 0 aliphatic rings. The van der Waals surface area contributed by atoms with Gasteiger partial charge < -0.3 is 5.32 Å². The number of hydrogen-bond acceptors (Lipinski definition) is 3. The highest BCUT2D eigenvalue weighted by Crippen LogP contribution is 2.39. The van der Waals surface area contributed by atoms with Gasteiger partial charge in [0.15, 0.2) is 0 Å². The lowest BCUT2D eigenvalue weighted by Gasteiger charge is -2.04. The molecule has 0 bridgehead atoms. The minimum absolute atomic E-state index is 1.19. The van der Waals surface area contributed by atoms with E-state index in [1.807, 2.05) is 11.3 Å². The molecule has 19 heavy (non-hydrogen) atoms. The van der Waals surface area contributed by atoms with Crippen LogP contribution < -0.4 is 5.32 Å². The fraction of sp³-hybridized carbons (Fsp3) is 0. The van der Waals surface area contributed by atoms with E-state index < -0.39 is 0 Å². The average Bonchev–Trinajstić information content (AvgIpc) is 3.06. The van der Waals surface area contributed by atoms with Crippen LogP contribution in [0.2, 0.25) is 0 Å². The Hall–Kier alpha value is -1.84. The van der Waals surface area contributed by atoms with Crippen LogP contribution in [0.15, 0.2) is 60.0 Å². The van der Waals surface area contributed by atoms with Crippen molar-refractivity contribution in [1.29, 1.82) is 0 Å². The molecule has 2 heterocycles. The monoisotopic (exact) mass is 281 g/mol. The molecule has 1 N–H and O–H groups in total. The van der Waals surface area contributed by atoms with Gasteiger partial charge in [0.25, 0.3) is 0 Å². The van der Waals surface area contributed by atoms with Gasteiger partial charge in [-0.15, -0.1) is 22.7 Å². The largest absolute Gasteiger partial charge is 0.346 e. The second kappa shape index (κ2) is 4.37. The quantitative estimate of drug-likeness (QED) is 0.485. The van der Waals surface area contributed by atoms with Crippen LogP contribution in [0.3, 0.4) is 0 Å². The van der Waals surface area contributed by atoms with Crippen LogP contribution in [0.4, 0.5) is 10.7 Å². The molecule has 0 saturated heterocycles. The number of nitrogens with one attached hydrogen (secondary N) is 1. The predicted octanol–water partition coefficient (Wildman–Crippen LogP) is 5.86. The van der Waals surface area contributed by atoms with E-state index in [-0.39, 0.29) is 0 Å². The molecule has 0 atom stereocenters. The summed E-state index contributed by atoms with van der Waals surface area (Å²) in [4.78, 5) is 0. The van der Waals surface area contributed by atoms with Gasteiger partial charge in [0.2, 0.25) is 0 Å². The fourth-order valence-corrected chi connectivity index (χ4v) is 4.13. The zero-order valence-corrected chi connectivity index (χ0v) is 11.7. The molecule has 0 aliphatic carbocycles. The molecule has 1 nitrogen and oxygen atoms in total. The van der Waals surface area contributed by atoms with Crippen molar-refractivity contribution in [3.8, 4) is 0 Å². The van der Waals surface area contributed by atoms with Crippen molar-refractivity contribution in [3.05, 3.63) is 60.0 Å². The van der Waals surface area contributed by atoms with Gasteiger partial charge in [-0.05, 0) is 29.6 Å². The van der Waals surface area contributed by atoms with Crippen LogP contribution >= 0.6 is 22.7 Å². The molecular formula is C16H11NS2. The zero-order chi connectivity index (χ0) is 12.7. The molecule has 4 aromatic rings. The van der Waals surface area contributed by atoms with E-state index >= 15 is 0 Å². The molecule has 4 rings (SSSR count). The van der Waals surface area contributed by atoms with Crippen molar-refractivity contribution in [2.45, 2.75) is 0 Å². The van der Waals surface area contributed by atoms with E-state index in [0.29, 0.717) is 0 Å². The molecule has 92 valence electrons. The lowest BCUT2D eigenvalue weighted by molar-refractivity contribution is 1.69. The van der Waals surface area contributed by atoms with Crippen molar-refractivity contribution >= 4 is 53.5 Å². The van der Waals surface area contributed by atoms with Crippen LogP contribution in [0.25, 0.3) is 20.2 Å². The molecule has 0 saturated carbocycles. The van der Waals surface area contributed by atoms with Gasteiger partial charge in [-0.25, -0.2) is 0 Å². The summed E-state index contributed by atoms with van der Waals surface area (Å²) in [5.41, 5.74) is 1.20. The molecule has 0 spiro atoms. The van der Waals surface area contributed by atoms with Crippen molar-refractivity contribution in [2.24, 2.45) is 0 Å². The summed E-state index contributed by atoms with van der Waals surface area (Å²) < 4.78 is 2.68. The molecular weight excluding hydrogens is 270 g/mol. The molecule has 0 fully saturated rings. The summed E-state index contributed by atoms with van der Waals surface area (Å²) in [7, 11) is 0. The second-order valence-electron chi connectivity index (χ2n) is 4.38. The maximum absolute atomic E-state index is 3.52. The molecule has 2 aromatic heterocycles. The summed E-state index contributed by atoms with van der Waals surface area (Å²) >= 11 is 3.58. The minimum atomic E-state index is 1.19. The Morgan fingerprint density at radius 3 is 2.58 bits per heavy atom. The third kappa shape index (κ3) is 1.82. The normalized spacial score (nSPS) is 11.2. The van der Waals surface area contributed by atoms with E-state index in [4.69, 9.17) is 0 Å². The Kier molecular flexibility index (Phi) is 2.53. The van der Waals surface area contributed by atoms with Gasteiger partial charge in [0.05, 0.1) is 15.4 Å². The molecule has 2 aromatic carbocycles. The molecule has 3 heteroatoms. The van der Waals surface area contributed by atoms with Crippen molar-refractivity contribution in [3.63, 3.8) is 0 Å². The lowest BCUT2D eigenvalue weighted by atomic mass is 10.1. The highest BCUT2D eigenvalue weighted by molar-refractivity contribution is 7.26. The first-order valence-electron chi connectivity index (χ1n) is 6.12. The first-order chi connectivity index (χ1) is 9.42. The zero-order valence-electron chi connectivity index (χ0n) is 10.1. The van der Waals surface area contributed by atoms with E-state index in [9.17, 15) is 0 Å². The third-order valence-corrected chi connectivity index (χ3v) is 5.19. The maximum Gasteiger partial charge on any atom is 0.0926 e. The lowest BCUT2D eigenvalue weighted by Crippen LogP contribution is -1.86. The number of fused-ring (bicyclic) bond motifs is 3. The number of anilines is 2. The SMILES string of the molecule is c1csc(Nc2cccc3c2sc2ccccc23)c1. The first kappa shape index (κ1) is 11.0. The van der Waals surface area contributed by atoms with E-state index in [1.165, 1.54) is 30.9 Å². The standard InChI is InChI=1S/C16H11NS2/c1-2-8-14-11(5-1)12-6-3-7-13(16(12)19-14)17-15-9-4-10-18-15/h1-10,17H. The summed E-state index contributed by atoms with van der Waals surface area (Å²) in [5.74, 6) is 0. The van der Waals surface area contributed by atoms with Gasteiger partial charge in [0.1, 0.15) is 0 Å². The van der Waals surface area contributed by atoms with Crippen molar-refractivity contribution in [2.75, 3.05) is 5.32 Å². The molecule has 0 amide bonds. The predicted molar refractivity (Wildman–Crippen MR) is 86.9 cm³/mol. The van der Waals surface area contributed by atoms with Gasteiger partial charge in [0, 0.05) is 15.5 Å². The molecule has 0 radical (unpaired) electrons. The van der Waals surface area contributed by atoms with Crippen LogP contribution in [0.5, 0.6) is 0 Å². The van der Waals surface area contributed by atoms with Gasteiger partial charge >= 0.3 is 0 Å². The topological polar surface area (TPSA) is 12.0 Å². The molecule has 0 unspecified atom stereocenters. The highest BCUT2D eigenvalue weighted by Gasteiger charge is 2.08. The van der Waals surface area contributed by atoms with Gasteiger partial charge in [-0.2, -0.15) is 0 Å². The molecule has 0 aliphatic heterocycles. The summed E-state index contributed by atoms with van der Waals surface area (Å²) in [6.07, 6.45) is 0. The Balaban J connectivity index is 1.96. The van der Waals surface area contributed by atoms with Gasteiger partial charge in [-0.1, -0.05) is 30.3 Å². The first-order valence-corrected chi connectivity index (χ1v) is 7.82. The van der Waals surface area contributed by atoms with Crippen LogP contribution in [-0.4, -0.2) is 0 Å². The van der Waals surface area contributed by atoms with Crippen LogP contribution in [0.1, 0.15) is 0 Å².